The summed E-state index contributed by atoms with van der Waals surface area (Å²) in [6.07, 6.45) is 4.54. The number of carbonyl (C=O) groups is 2. The molecular weight excluding hydrogens is 639 g/mol. The summed E-state index contributed by atoms with van der Waals surface area (Å²) >= 11 is 0. The summed E-state index contributed by atoms with van der Waals surface area (Å²) in [5.74, 6) is -1.93. The van der Waals surface area contributed by atoms with Gasteiger partial charge in [-0.25, -0.2) is 8.78 Å². The Morgan fingerprint density at radius 2 is 1.61 bits per heavy atom. The molecule has 0 bridgehead atoms. The number of anilines is 1. The van der Waals surface area contributed by atoms with E-state index in [-0.39, 0.29) is 47.7 Å². The second kappa shape index (κ2) is 16.3. The number of nitrogens with one attached hydrogen (secondary N) is 3. The quantitative estimate of drug-likeness (QED) is 0.157. The number of carbonyl (C=O) groups excluding carboxylic acids is 2. The molecule has 3 aromatic carbocycles. The van der Waals surface area contributed by atoms with Crippen LogP contribution in [0.25, 0.3) is 16.8 Å². The number of likely N-dealkylation sites (N-methyl/N-ethyl adjacent to an activating group) is 1. The summed E-state index contributed by atoms with van der Waals surface area (Å²) in [6, 6.07) is 20.4. The van der Waals surface area contributed by atoms with E-state index in [4.69, 9.17) is 4.74 Å². The van der Waals surface area contributed by atoms with Crippen molar-refractivity contribution >= 4 is 42.3 Å². The molecule has 2 aromatic heterocycles. The van der Waals surface area contributed by atoms with Crippen LogP contribution in [0.5, 0.6) is 11.5 Å². The molecule has 0 unspecified atom stereocenters. The average molecular weight is 669 g/mol. The first-order chi connectivity index (χ1) is 21.3. The summed E-state index contributed by atoms with van der Waals surface area (Å²) in [7, 11) is 1.80. The molecule has 2 amide bonds. The smallest absolute Gasteiger partial charge is 0.267 e. The van der Waals surface area contributed by atoms with Gasteiger partial charge in [0.25, 0.3) is 17.4 Å². The molecule has 9 nitrogen and oxygen atoms in total. The van der Waals surface area contributed by atoms with Crippen molar-refractivity contribution in [2.75, 3.05) is 25.5 Å². The van der Waals surface area contributed by atoms with Crippen LogP contribution in [0.2, 0.25) is 0 Å². The van der Waals surface area contributed by atoms with Gasteiger partial charge in [-0.2, -0.15) is 0 Å². The minimum absolute atomic E-state index is 0. The van der Waals surface area contributed by atoms with Crippen molar-refractivity contribution in [3.05, 3.63) is 137 Å². The minimum atomic E-state index is -0.754. The van der Waals surface area contributed by atoms with Crippen LogP contribution in [-0.4, -0.2) is 41.5 Å². The monoisotopic (exact) mass is 667 g/mol. The maximum atomic E-state index is 15.2. The van der Waals surface area contributed by atoms with E-state index in [1.54, 1.807) is 43.6 Å². The number of benzene rings is 3. The van der Waals surface area contributed by atoms with Crippen molar-refractivity contribution in [2.45, 2.75) is 0 Å². The lowest BCUT2D eigenvalue weighted by Crippen LogP contribution is -2.30. The Balaban J connectivity index is 0.00000288. The molecule has 238 valence electrons. The number of hydrogen-bond acceptors (Lipinski definition) is 6. The van der Waals surface area contributed by atoms with Gasteiger partial charge in [-0.1, -0.05) is 12.1 Å². The minimum Gasteiger partial charge on any atom is -0.454 e. The van der Waals surface area contributed by atoms with E-state index >= 15 is 4.39 Å². The molecule has 0 spiro atoms. The summed E-state index contributed by atoms with van der Waals surface area (Å²) in [5.41, 5.74) is 1.46. The van der Waals surface area contributed by atoms with E-state index in [9.17, 15) is 18.8 Å². The zero-order valence-corrected chi connectivity index (χ0v) is 26.0. The van der Waals surface area contributed by atoms with Crippen LogP contribution in [0.15, 0.2) is 108 Å². The van der Waals surface area contributed by atoms with E-state index < -0.39 is 23.1 Å². The van der Waals surface area contributed by atoms with Gasteiger partial charge in [0.1, 0.15) is 17.1 Å². The number of aromatic nitrogens is 2. The SMILES string of the molecule is CNCCNC(=O)c1ccc(-c2cnccc2Oc2ccc(NC(=O)c3cccn(-c4ccc(F)cc4)c3=O)cc2F)cc1.Cl.Cl. The van der Waals surface area contributed by atoms with Gasteiger partial charge in [-0.05, 0) is 79.3 Å². The van der Waals surface area contributed by atoms with Crippen LogP contribution in [0.1, 0.15) is 20.7 Å². The highest BCUT2D eigenvalue weighted by Gasteiger charge is 2.16. The van der Waals surface area contributed by atoms with Gasteiger partial charge in [0, 0.05) is 60.2 Å². The first-order valence-corrected chi connectivity index (χ1v) is 13.6. The lowest BCUT2D eigenvalue weighted by atomic mass is 10.0. The van der Waals surface area contributed by atoms with Gasteiger partial charge >= 0.3 is 0 Å². The van der Waals surface area contributed by atoms with Crippen LogP contribution in [0.3, 0.4) is 0 Å². The molecule has 2 heterocycles. The van der Waals surface area contributed by atoms with Crippen molar-refractivity contribution in [1.82, 2.24) is 20.2 Å². The van der Waals surface area contributed by atoms with Crippen LogP contribution >= 0.6 is 24.8 Å². The van der Waals surface area contributed by atoms with E-state index in [0.29, 0.717) is 41.2 Å². The standard InChI is InChI=1S/C33H27F2N5O4.2ClH/c1-36-16-17-38-31(41)22-6-4-21(5-7-22)27-20-37-15-14-29(27)44-30-13-10-24(19-28(30)35)39-32(42)26-3-2-18-40(33(26)43)25-11-8-23(34)9-12-25;;/h2-15,18-20,36H,16-17H2,1H3,(H,38,41)(H,39,42);2*1H. The van der Waals surface area contributed by atoms with Gasteiger partial charge < -0.3 is 20.7 Å². The van der Waals surface area contributed by atoms with Crippen LogP contribution in [0.4, 0.5) is 14.5 Å². The van der Waals surface area contributed by atoms with E-state index in [0.717, 1.165) is 6.07 Å². The van der Waals surface area contributed by atoms with Crippen LogP contribution in [-0.2, 0) is 0 Å². The average Bonchev–Trinajstić information content (AvgIpc) is 3.03. The molecule has 5 rings (SSSR count). The molecule has 5 aromatic rings. The fraction of sp³-hybridized carbons (Fsp3) is 0.0909. The maximum Gasteiger partial charge on any atom is 0.267 e. The Labute approximate surface area is 275 Å². The summed E-state index contributed by atoms with van der Waals surface area (Å²) in [4.78, 5) is 42.3. The predicted molar refractivity (Wildman–Crippen MR) is 177 cm³/mol. The molecule has 0 saturated carbocycles. The molecule has 3 N–H and O–H groups in total. The third kappa shape index (κ3) is 8.33. The lowest BCUT2D eigenvalue weighted by Gasteiger charge is -2.13. The fourth-order valence-electron chi connectivity index (χ4n) is 4.34. The largest absolute Gasteiger partial charge is 0.454 e. The molecule has 0 atom stereocenters. The van der Waals surface area contributed by atoms with Crippen LogP contribution in [0, 0.1) is 11.6 Å². The van der Waals surface area contributed by atoms with Crippen molar-refractivity contribution < 1.29 is 23.1 Å². The van der Waals surface area contributed by atoms with E-state index in [1.807, 2.05) is 0 Å². The number of nitrogens with zero attached hydrogens (tertiary/aromatic N) is 2. The Morgan fingerprint density at radius 1 is 0.870 bits per heavy atom. The zero-order chi connectivity index (χ0) is 31.1. The summed E-state index contributed by atoms with van der Waals surface area (Å²) in [5, 5.41) is 8.31. The normalized spacial score (nSPS) is 10.2. The van der Waals surface area contributed by atoms with Gasteiger partial charge in [-0.15, -0.1) is 24.8 Å². The second-order valence-corrected chi connectivity index (χ2v) is 9.58. The lowest BCUT2D eigenvalue weighted by molar-refractivity contribution is 0.0953. The van der Waals surface area contributed by atoms with Gasteiger partial charge in [0.15, 0.2) is 11.6 Å². The predicted octanol–water partition coefficient (Wildman–Crippen LogP) is 6.02. The Kier molecular flexibility index (Phi) is 12.5. The third-order valence-corrected chi connectivity index (χ3v) is 6.61. The number of halogens is 4. The Hall–Kier alpha value is -5.10. The highest BCUT2D eigenvalue weighted by molar-refractivity contribution is 6.04. The molecular formula is C33H29Cl2F2N5O4. The molecule has 0 saturated heterocycles. The number of hydrogen-bond donors (Lipinski definition) is 3. The van der Waals surface area contributed by atoms with Crippen molar-refractivity contribution in [1.29, 1.82) is 0 Å². The molecule has 13 heteroatoms. The van der Waals surface area contributed by atoms with Gasteiger partial charge in [0.05, 0.1) is 0 Å². The van der Waals surface area contributed by atoms with Crippen molar-refractivity contribution in [2.24, 2.45) is 0 Å². The fourth-order valence-corrected chi connectivity index (χ4v) is 4.34. The number of pyridine rings is 2. The highest BCUT2D eigenvalue weighted by atomic mass is 35.5. The zero-order valence-electron chi connectivity index (χ0n) is 24.3. The maximum absolute atomic E-state index is 15.2. The Morgan fingerprint density at radius 3 is 2.30 bits per heavy atom. The van der Waals surface area contributed by atoms with Crippen molar-refractivity contribution in [3.8, 4) is 28.3 Å². The highest BCUT2D eigenvalue weighted by Crippen LogP contribution is 2.34. The molecule has 0 aliphatic rings. The first-order valence-electron chi connectivity index (χ1n) is 13.6. The second-order valence-electron chi connectivity index (χ2n) is 9.58. The van der Waals surface area contributed by atoms with E-state index in [2.05, 4.69) is 20.9 Å². The number of amides is 2. The summed E-state index contributed by atoms with van der Waals surface area (Å²) < 4.78 is 35.6. The number of rotatable bonds is 10. The first kappa shape index (κ1) is 35.4. The summed E-state index contributed by atoms with van der Waals surface area (Å²) in [6.45, 7) is 1.15. The molecule has 46 heavy (non-hydrogen) atoms. The third-order valence-electron chi connectivity index (χ3n) is 6.61. The Bertz CT molecular complexity index is 1870. The van der Waals surface area contributed by atoms with Gasteiger partial charge in [-0.3, -0.25) is 23.9 Å². The molecule has 0 fully saturated rings. The van der Waals surface area contributed by atoms with Crippen LogP contribution < -0.4 is 26.2 Å². The molecule has 0 aliphatic heterocycles. The van der Waals surface area contributed by atoms with Gasteiger partial charge in [0.2, 0.25) is 0 Å². The molecule has 0 radical (unpaired) electrons. The van der Waals surface area contributed by atoms with E-state index in [1.165, 1.54) is 65.5 Å². The van der Waals surface area contributed by atoms with Crippen molar-refractivity contribution in [3.63, 3.8) is 0 Å². The topological polar surface area (TPSA) is 114 Å². The molecule has 0 aliphatic carbocycles. The number of ether oxygens (including phenoxy) is 1.